The van der Waals surface area contributed by atoms with Crippen LogP contribution in [0.3, 0.4) is 0 Å². The summed E-state index contributed by atoms with van der Waals surface area (Å²) in [5, 5.41) is 22.4. The lowest BCUT2D eigenvalue weighted by atomic mass is 9.85. The van der Waals surface area contributed by atoms with E-state index in [2.05, 4.69) is 5.32 Å². The lowest BCUT2D eigenvalue weighted by Gasteiger charge is -2.34. The molecule has 0 saturated heterocycles. The first kappa shape index (κ1) is 12.7. The Balaban J connectivity index is 2.60. The Morgan fingerprint density at radius 2 is 2.11 bits per heavy atom. The van der Waals surface area contributed by atoms with Crippen molar-refractivity contribution in [3.05, 3.63) is 53.8 Å². The first-order valence-electron chi connectivity index (χ1n) is 5.77. The topological polar surface area (TPSA) is 61.7 Å². The molecule has 0 aromatic heterocycles. The van der Waals surface area contributed by atoms with Gasteiger partial charge in [-0.05, 0) is 23.9 Å². The number of hydrogen-bond donors (Lipinski definition) is 3. The summed E-state index contributed by atoms with van der Waals surface area (Å²) in [5.74, 6) is 0.642. The third kappa shape index (κ3) is 2.00. The van der Waals surface area contributed by atoms with E-state index in [1.807, 2.05) is 36.4 Å². The molecule has 1 unspecified atom stereocenters. The van der Waals surface area contributed by atoms with Crippen molar-refractivity contribution in [1.29, 1.82) is 0 Å². The van der Waals surface area contributed by atoms with Crippen molar-refractivity contribution in [3.63, 3.8) is 0 Å². The number of allylic oxidation sites excluding steroid dienone is 2. The summed E-state index contributed by atoms with van der Waals surface area (Å²) in [5.41, 5.74) is 0.744. The Bertz CT molecular complexity index is 460. The second-order valence-electron chi connectivity index (χ2n) is 4.14. The van der Waals surface area contributed by atoms with Crippen LogP contribution in [0.15, 0.2) is 42.6 Å². The van der Waals surface area contributed by atoms with Crippen LogP contribution in [0.5, 0.6) is 5.75 Å². The van der Waals surface area contributed by atoms with Crippen LogP contribution in [0.1, 0.15) is 11.1 Å². The summed E-state index contributed by atoms with van der Waals surface area (Å²) in [6.07, 6.45) is 7.34. The molecule has 3 N–H and O–H groups in total. The molecule has 0 fully saturated rings. The van der Waals surface area contributed by atoms with Gasteiger partial charge in [-0.2, -0.15) is 0 Å². The summed E-state index contributed by atoms with van der Waals surface area (Å²) >= 11 is 0. The van der Waals surface area contributed by atoms with Crippen LogP contribution in [-0.4, -0.2) is 23.9 Å². The first-order valence-corrected chi connectivity index (χ1v) is 5.77. The minimum Gasteiger partial charge on any atom is -0.496 e. The highest BCUT2D eigenvalue weighted by Crippen LogP contribution is 2.35. The number of ether oxygens (including phenoxy) is 1. The molecule has 1 aliphatic heterocycles. The van der Waals surface area contributed by atoms with Crippen molar-refractivity contribution in [2.24, 2.45) is 0 Å². The molecule has 1 aliphatic rings. The number of aliphatic hydroxyl groups is 2. The SMILES string of the molecule is COc1cccc(CO)c1C1(CO)C=CC=CN1. The van der Waals surface area contributed by atoms with Crippen molar-refractivity contribution in [1.82, 2.24) is 5.32 Å². The number of aliphatic hydroxyl groups excluding tert-OH is 2. The van der Waals surface area contributed by atoms with E-state index in [9.17, 15) is 10.2 Å². The maximum Gasteiger partial charge on any atom is 0.125 e. The molecule has 4 heteroatoms. The molecule has 0 aliphatic carbocycles. The van der Waals surface area contributed by atoms with E-state index < -0.39 is 5.54 Å². The Morgan fingerprint density at radius 1 is 1.28 bits per heavy atom. The highest BCUT2D eigenvalue weighted by atomic mass is 16.5. The molecule has 1 aromatic carbocycles. The number of methoxy groups -OCH3 is 1. The van der Waals surface area contributed by atoms with Gasteiger partial charge in [-0.25, -0.2) is 0 Å². The zero-order valence-corrected chi connectivity index (χ0v) is 10.3. The van der Waals surface area contributed by atoms with Crippen molar-refractivity contribution in [3.8, 4) is 5.75 Å². The fraction of sp³-hybridized carbons (Fsp3) is 0.286. The van der Waals surface area contributed by atoms with Gasteiger partial charge in [-0.15, -0.1) is 0 Å². The zero-order valence-electron chi connectivity index (χ0n) is 10.3. The van der Waals surface area contributed by atoms with Gasteiger partial charge in [0.25, 0.3) is 0 Å². The molecule has 18 heavy (non-hydrogen) atoms. The Labute approximate surface area is 106 Å². The van der Waals surface area contributed by atoms with Gasteiger partial charge < -0.3 is 20.3 Å². The van der Waals surface area contributed by atoms with Crippen LogP contribution >= 0.6 is 0 Å². The summed E-state index contributed by atoms with van der Waals surface area (Å²) in [6, 6.07) is 5.46. The number of nitrogens with one attached hydrogen (secondary N) is 1. The van der Waals surface area contributed by atoms with Gasteiger partial charge in [0, 0.05) is 5.56 Å². The number of benzene rings is 1. The van der Waals surface area contributed by atoms with E-state index in [4.69, 9.17) is 4.74 Å². The molecular formula is C14H17NO3. The van der Waals surface area contributed by atoms with Crippen LogP contribution in [0, 0.1) is 0 Å². The fourth-order valence-electron chi connectivity index (χ4n) is 2.24. The van der Waals surface area contributed by atoms with Crippen LogP contribution < -0.4 is 10.1 Å². The quantitative estimate of drug-likeness (QED) is 0.744. The van der Waals surface area contributed by atoms with Crippen molar-refractivity contribution in [2.45, 2.75) is 12.1 Å². The van der Waals surface area contributed by atoms with Gasteiger partial charge in [-0.3, -0.25) is 0 Å². The third-order valence-electron chi connectivity index (χ3n) is 3.13. The fourth-order valence-corrected chi connectivity index (χ4v) is 2.24. The predicted molar refractivity (Wildman–Crippen MR) is 69.1 cm³/mol. The van der Waals surface area contributed by atoms with Crippen molar-refractivity contribution < 1.29 is 14.9 Å². The molecule has 0 saturated carbocycles. The van der Waals surface area contributed by atoms with E-state index in [1.54, 1.807) is 13.3 Å². The molecule has 2 rings (SSSR count). The molecule has 4 nitrogen and oxygen atoms in total. The summed E-state index contributed by atoms with van der Waals surface area (Å²) in [7, 11) is 1.58. The third-order valence-corrected chi connectivity index (χ3v) is 3.13. The van der Waals surface area contributed by atoms with Crippen LogP contribution in [0.25, 0.3) is 0 Å². The average molecular weight is 247 g/mol. The highest BCUT2D eigenvalue weighted by molar-refractivity contribution is 5.49. The Morgan fingerprint density at radius 3 is 2.67 bits per heavy atom. The largest absolute Gasteiger partial charge is 0.496 e. The Hall–Kier alpha value is -1.78. The number of hydrogen-bond acceptors (Lipinski definition) is 4. The molecule has 0 bridgehead atoms. The van der Waals surface area contributed by atoms with Crippen molar-refractivity contribution >= 4 is 0 Å². The minimum atomic E-state index is -0.751. The molecule has 1 heterocycles. The molecule has 1 atom stereocenters. The lowest BCUT2D eigenvalue weighted by Crippen LogP contribution is -2.43. The normalized spacial score (nSPS) is 21.7. The van der Waals surface area contributed by atoms with Gasteiger partial charge in [0.2, 0.25) is 0 Å². The molecule has 96 valence electrons. The second kappa shape index (κ2) is 5.25. The molecular weight excluding hydrogens is 230 g/mol. The highest BCUT2D eigenvalue weighted by Gasteiger charge is 2.33. The van der Waals surface area contributed by atoms with Crippen LogP contribution in [0.4, 0.5) is 0 Å². The lowest BCUT2D eigenvalue weighted by molar-refractivity contribution is 0.200. The number of dihydropyridines is 1. The smallest absolute Gasteiger partial charge is 0.125 e. The Kier molecular flexibility index (Phi) is 3.69. The van der Waals surface area contributed by atoms with E-state index in [-0.39, 0.29) is 13.2 Å². The molecule has 0 spiro atoms. The van der Waals surface area contributed by atoms with Crippen LogP contribution in [-0.2, 0) is 12.1 Å². The minimum absolute atomic E-state index is 0.104. The van der Waals surface area contributed by atoms with Gasteiger partial charge in [0.1, 0.15) is 11.3 Å². The summed E-state index contributed by atoms with van der Waals surface area (Å²) < 4.78 is 5.35. The van der Waals surface area contributed by atoms with Crippen molar-refractivity contribution in [2.75, 3.05) is 13.7 Å². The average Bonchev–Trinajstić information content (AvgIpc) is 2.47. The van der Waals surface area contributed by atoms with Gasteiger partial charge in [-0.1, -0.05) is 24.3 Å². The summed E-state index contributed by atoms with van der Waals surface area (Å²) in [4.78, 5) is 0. The molecule has 1 aromatic rings. The van der Waals surface area contributed by atoms with E-state index in [0.717, 1.165) is 11.1 Å². The monoisotopic (exact) mass is 247 g/mol. The first-order chi connectivity index (χ1) is 8.77. The van der Waals surface area contributed by atoms with Gasteiger partial charge in [0.05, 0.1) is 20.3 Å². The summed E-state index contributed by atoms with van der Waals surface area (Å²) in [6.45, 7) is -0.227. The van der Waals surface area contributed by atoms with Gasteiger partial charge in [0.15, 0.2) is 0 Å². The maximum atomic E-state index is 9.75. The van der Waals surface area contributed by atoms with Crippen LogP contribution in [0.2, 0.25) is 0 Å². The predicted octanol–water partition coefficient (Wildman–Crippen LogP) is 1.05. The van der Waals surface area contributed by atoms with Gasteiger partial charge >= 0.3 is 0 Å². The molecule has 0 radical (unpaired) electrons. The zero-order chi connectivity index (χ0) is 13.0. The van der Waals surface area contributed by atoms with E-state index in [1.165, 1.54) is 0 Å². The number of rotatable bonds is 4. The standard InChI is InChI=1S/C14H17NO3/c1-18-12-6-4-5-11(9-16)13(12)14(10-17)7-2-3-8-15-14/h2-8,15-17H,9-10H2,1H3. The molecule has 0 amide bonds. The maximum absolute atomic E-state index is 9.75. The van der Waals surface area contributed by atoms with E-state index in [0.29, 0.717) is 5.75 Å². The van der Waals surface area contributed by atoms with E-state index >= 15 is 0 Å². The second-order valence-corrected chi connectivity index (χ2v) is 4.14.